The van der Waals surface area contributed by atoms with Crippen LogP contribution < -0.4 is 9.64 Å². The van der Waals surface area contributed by atoms with Crippen molar-refractivity contribution in [2.75, 3.05) is 4.90 Å². The van der Waals surface area contributed by atoms with E-state index in [0.717, 1.165) is 11.6 Å². The minimum atomic E-state index is -4.96. The number of amides is 1. The summed E-state index contributed by atoms with van der Waals surface area (Å²) in [6.07, 6.45) is -7.07. The smallest absolute Gasteiger partial charge is 0.481 e. The molecule has 0 unspecified atom stereocenters. The average Bonchev–Trinajstić information content (AvgIpc) is 2.83. The first-order valence-electron chi connectivity index (χ1n) is 11.1. The number of carbonyl (C=O) groups excluding carboxylic acids is 1. The molecular weight excluding hydrogens is 487 g/mol. The van der Waals surface area contributed by atoms with Gasteiger partial charge in [-0.2, -0.15) is 0 Å². The molecule has 3 atom stereocenters. The molecule has 0 fully saturated rings. The predicted molar refractivity (Wildman–Crippen MR) is 123 cm³/mol. The lowest BCUT2D eigenvalue weighted by Crippen LogP contribution is -2.53. The number of anilines is 1. The summed E-state index contributed by atoms with van der Waals surface area (Å²) >= 11 is 6.40. The first-order chi connectivity index (χ1) is 16.3. The highest BCUT2D eigenvalue weighted by molar-refractivity contribution is 6.31. The number of carbonyl (C=O) groups is 2. The molecular formula is C25H25ClF3NO5. The summed E-state index contributed by atoms with van der Waals surface area (Å²) < 4.78 is 49.9. The van der Waals surface area contributed by atoms with Crippen LogP contribution in [0.2, 0.25) is 5.02 Å². The van der Waals surface area contributed by atoms with E-state index in [4.69, 9.17) is 16.3 Å². The van der Waals surface area contributed by atoms with Crippen LogP contribution in [0.5, 0.6) is 5.75 Å². The van der Waals surface area contributed by atoms with Crippen LogP contribution in [0.3, 0.4) is 0 Å². The van der Waals surface area contributed by atoms with Gasteiger partial charge in [-0.1, -0.05) is 50.6 Å². The summed E-state index contributed by atoms with van der Waals surface area (Å²) in [5.41, 5.74) is 1.29. The van der Waals surface area contributed by atoms with Gasteiger partial charge in [0, 0.05) is 22.2 Å². The highest BCUT2D eigenvalue weighted by atomic mass is 35.5. The number of benzene rings is 2. The highest BCUT2D eigenvalue weighted by Crippen LogP contribution is 2.49. The monoisotopic (exact) mass is 511 g/mol. The Kier molecular flexibility index (Phi) is 6.53. The molecule has 0 spiro atoms. The Balaban J connectivity index is 1.98. The lowest BCUT2D eigenvalue weighted by molar-refractivity contribution is -0.275. The second kappa shape index (κ2) is 9.02. The van der Waals surface area contributed by atoms with Gasteiger partial charge in [-0.15, -0.1) is 13.2 Å². The van der Waals surface area contributed by atoms with Crippen LogP contribution in [0.15, 0.2) is 36.4 Å². The molecule has 6 nitrogen and oxygen atoms in total. The Morgan fingerprint density at radius 1 is 1.20 bits per heavy atom. The van der Waals surface area contributed by atoms with Crippen LogP contribution in [-0.4, -0.2) is 35.5 Å². The van der Waals surface area contributed by atoms with Gasteiger partial charge in [0.2, 0.25) is 0 Å². The second-order valence-corrected chi connectivity index (χ2v) is 10.3. The number of nitrogens with zero attached hydrogens (tertiary/aromatic N) is 1. The van der Waals surface area contributed by atoms with E-state index in [1.165, 1.54) is 18.2 Å². The minimum Gasteiger partial charge on any atom is -0.481 e. The number of hydrogen-bond donors (Lipinski definition) is 1. The zero-order valence-electron chi connectivity index (χ0n) is 19.4. The number of halogens is 4. The zero-order chi connectivity index (χ0) is 25.7. The molecule has 188 valence electrons. The fraction of sp³-hybridized carbons (Fsp3) is 0.440. The van der Waals surface area contributed by atoms with Gasteiger partial charge in [0.05, 0.1) is 12.1 Å². The van der Waals surface area contributed by atoms with E-state index in [1.807, 2.05) is 20.8 Å². The third kappa shape index (κ3) is 5.11. The molecule has 35 heavy (non-hydrogen) atoms. The van der Waals surface area contributed by atoms with Crippen molar-refractivity contribution in [3.05, 3.63) is 58.1 Å². The number of carboxylic acid groups (broad SMARTS) is 1. The Hall–Kier alpha value is -2.78. The minimum absolute atomic E-state index is 0.0113. The molecule has 2 aliphatic heterocycles. The van der Waals surface area contributed by atoms with Gasteiger partial charge in [0.25, 0.3) is 5.91 Å². The van der Waals surface area contributed by atoms with Crippen molar-refractivity contribution in [2.45, 2.75) is 64.6 Å². The molecule has 0 saturated carbocycles. The largest absolute Gasteiger partial charge is 0.573 e. The van der Waals surface area contributed by atoms with E-state index in [0.29, 0.717) is 29.1 Å². The third-order valence-corrected chi connectivity index (χ3v) is 6.52. The SMILES string of the molecule is CC(C)(C)[C@@H]1CCc2cc(Cl)cc3c2N1C(=O)[C@@H](CC(=O)O)O[C@@H]3c1ccccc1OC(F)(F)F. The quantitative estimate of drug-likeness (QED) is 0.553. The van der Waals surface area contributed by atoms with Crippen LogP contribution in [-0.2, 0) is 20.7 Å². The van der Waals surface area contributed by atoms with Gasteiger partial charge in [0.1, 0.15) is 18.0 Å². The van der Waals surface area contributed by atoms with Gasteiger partial charge in [-0.05, 0) is 42.0 Å². The van der Waals surface area contributed by atoms with Crippen LogP contribution in [0.4, 0.5) is 18.9 Å². The molecule has 2 aliphatic rings. The predicted octanol–water partition coefficient (Wildman–Crippen LogP) is 5.90. The van der Waals surface area contributed by atoms with Gasteiger partial charge >= 0.3 is 12.3 Å². The van der Waals surface area contributed by atoms with E-state index >= 15 is 0 Å². The van der Waals surface area contributed by atoms with Crippen LogP contribution in [0.25, 0.3) is 0 Å². The van der Waals surface area contributed by atoms with E-state index in [-0.39, 0.29) is 17.0 Å². The van der Waals surface area contributed by atoms with Gasteiger partial charge in [-0.3, -0.25) is 9.59 Å². The van der Waals surface area contributed by atoms with E-state index in [9.17, 15) is 27.9 Å². The lowest BCUT2D eigenvalue weighted by atomic mass is 9.78. The van der Waals surface area contributed by atoms with Crippen molar-refractivity contribution in [1.82, 2.24) is 0 Å². The third-order valence-electron chi connectivity index (χ3n) is 6.31. The summed E-state index contributed by atoms with van der Waals surface area (Å²) in [6, 6.07) is 8.46. The summed E-state index contributed by atoms with van der Waals surface area (Å²) in [6.45, 7) is 5.94. The second-order valence-electron chi connectivity index (χ2n) is 9.82. The van der Waals surface area contributed by atoms with Gasteiger partial charge in [-0.25, -0.2) is 0 Å². The van der Waals surface area contributed by atoms with Crippen molar-refractivity contribution in [2.24, 2.45) is 5.41 Å². The molecule has 4 rings (SSSR count). The summed E-state index contributed by atoms with van der Waals surface area (Å²) in [7, 11) is 0. The van der Waals surface area contributed by atoms with Crippen molar-refractivity contribution >= 4 is 29.2 Å². The summed E-state index contributed by atoms with van der Waals surface area (Å²) in [5.74, 6) is -2.32. The van der Waals surface area contributed by atoms with E-state index < -0.39 is 42.6 Å². The molecule has 0 saturated heterocycles. The summed E-state index contributed by atoms with van der Waals surface area (Å²) in [5, 5.41) is 9.84. The maximum absolute atomic E-state index is 13.8. The number of rotatable bonds is 4. The van der Waals surface area contributed by atoms with E-state index in [2.05, 4.69) is 4.74 Å². The maximum atomic E-state index is 13.8. The topological polar surface area (TPSA) is 76.1 Å². The molecule has 0 radical (unpaired) electrons. The fourth-order valence-electron chi connectivity index (χ4n) is 4.92. The number of carboxylic acids is 1. The number of aryl methyl sites for hydroxylation is 1. The summed E-state index contributed by atoms with van der Waals surface area (Å²) in [4.78, 5) is 27.0. The fourth-order valence-corrected chi connectivity index (χ4v) is 5.17. The Bertz CT molecular complexity index is 1160. The first-order valence-corrected chi connectivity index (χ1v) is 11.5. The standard InChI is InChI=1S/C25H25ClF3NO5/c1-24(2,3)19-9-8-13-10-14(26)11-16-21(13)30(19)23(33)18(12-20(31)32)34-22(16)15-6-4-5-7-17(15)35-25(27,28)29/h4-7,10-11,18-19,22H,8-9,12H2,1-3H3,(H,31,32)/t18-,19+,22-/m1/s1. The zero-order valence-corrected chi connectivity index (χ0v) is 20.1. The van der Waals surface area contributed by atoms with Crippen molar-refractivity contribution in [1.29, 1.82) is 0 Å². The number of aliphatic carboxylic acids is 1. The molecule has 1 amide bonds. The molecule has 10 heteroatoms. The molecule has 2 aromatic carbocycles. The Morgan fingerprint density at radius 2 is 1.89 bits per heavy atom. The normalized spacial score (nSPS) is 22.4. The molecule has 0 bridgehead atoms. The molecule has 2 heterocycles. The molecule has 0 aliphatic carbocycles. The van der Waals surface area contributed by atoms with Crippen molar-refractivity contribution < 1.29 is 37.3 Å². The van der Waals surface area contributed by atoms with E-state index in [1.54, 1.807) is 17.0 Å². The first kappa shape index (κ1) is 25.3. The average molecular weight is 512 g/mol. The van der Waals surface area contributed by atoms with Gasteiger partial charge in [0.15, 0.2) is 0 Å². The number of ether oxygens (including phenoxy) is 2. The Morgan fingerprint density at radius 3 is 2.51 bits per heavy atom. The van der Waals surface area contributed by atoms with Crippen molar-refractivity contribution in [3.63, 3.8) is 0 Å². The maximum Gasteiger partial charge on any atom is 0.573 e. The highest BCUT2D eigenvalue weighted by Gasteiger charge is 2.47. The van der Waals surface area contributed by atoms with Crippen LogP contribution in [0, 0.1) is 5.41 Å². The molecule has 1 N–H and O–H groups in total. The van der Waals surface area contributed by atoms with Crippen LogP contribution in [0.1, 0.15) is 56.4 Å². The lowest BCUT2D eigenvalue weighted by Gasteiger charge is -2.45. The number of hydrogen-bond acceptors (Lipinski definition) is 4. The van der Waals surface area contributed by atoms with Crippen molar-refractivity contribution in [3.8, 4) is 5.75 Å². The number of alkyl halides is 3. The van der Waals surface area contributed by atoms with Gasteiger partial charge < -0.3 is 19.5 Å². The van der Waals surface area contributed by atoms with Crippen LogP contribution >= 0.6 is 11.6 Å². The molecule has 2 aromatic rings. The number of para-hydroxylation sites is 1. The molecule has 0 aromatic heterocycles. The Labute approximate surface area is 205 Å².